The van der Waals surface area contributed by atoms with Gasteiger partial charge in [-0.05, 0) is 51.8 Å². The second-order valence-electron chi connectivity index (χ2n) is 5.72. The molecule has 0 bridgehead atoms. The van der Waals surface area contributed by atoms with E-state index in [0.717, 1.165) is 17.8 Å². The van der Waals surface area contributed by atoms with E-state index in [1.807, 2.05) is 44.2 Å². The largest absolute Gasteiger partial charge is 0.355 e. The summed E-state index contributed by atoms with van der Waals surface area (Å²) >= 11 is 1.68. The van der Waals surface area contributed by atoms with Crippen LogP contribution in [-0.4, -0.2) is 34.5 Å². The molecule has 0 aliphatic heterocycles. The van der Waals surface area contributed by atoms with Crippen LogP contribution in [0.4, 0.5) is 0 Å². The summed E-state index contributed by atoms with van der Waals surface area (Å²) in [7, 11) is 1.94. The average Bonchev–Trinajstić information content (AvgIpc) is 3.05. The lowest BCUT2D eigenvalue weighted by Crippen LogP contribution is -2.35. The fourth-order valence-corrected chi connectivity index (χ4v) is 3.49. The van der Waals surface area contributed by atoms with E-state index >= 15 is 0 Å². The molecule has 0 aliphatic carbocycles. The Hall–Kier alpha value is -1.72. The van der Waals surface area contributed by atoms with Crippen LogP contribution in [-0.2, 0) is 6.54 Å². The number of thiophene rings is 1. The van der Waals surface area contributed by atoms with Crippen molar-refractivity contribution in [1.29, 1.82) is 0 Å². The van der Waals surface area contributed by atoms with Crippen molar-refractivity contribution in [3.63, 3.8) is 0 Å². The van der Waals surface area contributed by atoms with Gasteiger partial charge in [-0.2, -0.15) is 0 Å². The van der Waals surface area contributed by atoms with Crippen LogP contribution < -0.4 is 0 Å². The topological polar surface area (TPSA) is 53.2 Å². The van der Waals surface area contributed by atoms with E-state index in [0.29, 0.717) is 11.3 Å². The molecule has 0 saturated heterocycles. The van der Waals surface area contributed by atoms with Gasteiger partial charge >= 0.3 is 0 Å². The summed E-state index contributed by atoms with van der Waals surface area (Å²) < 4.78 is 0. The second-order valence-corrected chi connectivity index (χ2v) is 6.75. The van der Waals surface area contributed by atoms with Gasteiger partial charge in [0.2, 0.25) is 0 Å². The van der Waals surface area contributed by atoms with E-state index in [1.165, 1.54) is 11.8 Å². The summed E-state index contributed by atoms with van der Waals surface area (Å²) in [6.45, 7) is 7.84. The van der Waals surface area contributed by atoms with E-state index in [9.17, 15) is 9.59 Å². The van der Waals surface area contributed by atoms with Gasteiger partial charge in [-0.25, -0.2) is 0 Å². The van der Waals surface area contributed by atoms with E-state index < -0.39 is 0 Å². The molecular formula is C17H22N2O2S. The third-order valence-corrected chi connectivity index (χ3v) is 4.92. The van der Waals surface area contributed by atoms with Crippen molar-refractivity contribution in [3.05, 3.63) is 44.9 Å². The van der Waals surface area contributed by atoms with Gasteiger partial charge < -0.3 is 4.98 Å². The van der Waals surface area contributed by atoms with Crippen LogP contribution in [0.15, 0.2) is 17.5 Å². The molecule has 2 heterocycles. The van der Waals surface area contributed by atoms with Crippen LogP contribution >= 0.6 is 11.3 Å². The Balaban J connectivity index is 2.20. The molecule has 0 aliphatic rings. The normalized spacial score (nSPS) is 12.6. The van der Waals surface area contributed by atoms with Gasteiger partial charge in [0.25, 0.3) is 0 Å². The molecule has 0 fully saturated rings. The lowest BCUT2D eigenvalue weighted by molar-refractivity contribution is 0.0857. The van der Waals surface area contributed by atoms with Crippen LogP contribution in [0.1, 0.15) is 50.8 Å². The summed E-state index contributed by atoms with van der Waals surface area (Å²) in [5.74, 6) is 0.0112. The number of aromatic amines is 1. The highest BCUT2D eigenvalue weighted by molar-refractivity contribution is 7.09. The lowest BCUT2D eigenvalue weighted by atomic mass is 10.0. The van der Waals surface area contributed by atoms with Crippen molar-refractivity contribution < 1.29 is 9.59 Å². The zero-order valence-electron chi connectivity index (χ0n) is 13.7. The molecule has 0 spiro atoms. The van der Waals surface area contributed by atoms with Crippen LogP contribution in [0.5, 0.6) is 0 Å². The van der Waals surface area contributed by atoms with E-state index in [1.54, 1.807) is 11.3 Å². The molecule has 1 N–H and O–H groups in total. The standard InChI is InChI=1S/C17H22N2O2S/c1-10-15(13(4)20)11(2)18-16(10)17(21)12(3)19(5)9-14-7-6-8-22-14/h6-8,12,18H,9H2,1-5H3/t12-/m0/s1. The summed E-state index contributed by atoms with van der Waals surface area (Å²) in [5.41, 5.74) is 2.71. The van der Waals surface area contributed by atoms with E-state index in [4.69, 9.17) is 0 Å². The van der Waals surface area contributed by atoms with Crippen molar-refractivity contribution in [2.24, 2.45) is 0 Å². The van der Waals surface area contributed by atoms with Crippen LogP contribution in [0.2, 0.25) is 0 Å². The molecule has 2 aromatic rings. The zero-order valence-corrected chi connectivity index (χ0v) is 14.5. The third kappa shape index (κ3) is 3.20. The number of nitrogens with zero attached hydrogens (tertiary/aromatic N) is 1. The second kappa shape index (κ2) is 6.58. The highest BCUT2D eigenvalue weighted by atomic mass is 32.1. The van der Waals surface area contributed by atoms with Crippen LogP contribution in [0, 0.1) is 13.8 Å². The van der Waals surface area contributed by atoms with Gasteiger partial charge in [-0.1, -0.05) is 6.07 Å². The molecule has 4 nitrogen and oxygen atoms in total. The van der Waals surface area contributed by atoms with Crippen molar-refractivity contribution in [1.82, 2.24) is 9.88 Å². The molecule has 0 radical (unpaired) electrons. The highest BCUT2D eigenvalue weighted by Crippen LogP contribution is 2.21. The first-order chi connectivity index (χ1) is 10.3. The van der Waals surface area contributed by atoms with Gasteiger partial charge in [-0.15, -0.1) is 11.3 Å². The van der Waals surface area contributed by atoms with Gasteiger partial charge in [-0.3, -0.25) is 14.5 Å². The molecule has 22 heavy (non-hydrogen) atoms. The number of nitrogens with one attached hydrogen (secondary N) is 1. The van der Waals surface area contributed by atoms with Gasteiger partial charge in [0.15, 0.2) is 11.6 Å². The number of hydrogen-bond acceptors (Lipinski definition) is 4. The first-order valence-corrected chi connectivity index (χ1v) is 8.17. The minimum Gasteiger partial charge on any atom is -0.355 e. The fraction of sp³-hybridized carbons (Fsp3) is 0.412. The number of ketones is 2. The smallest absolute Gasteiger partial charge is 0.196 e. The van der Waals surface area contributed by atoms with Crippen molar-refractivity contribution in [3.8, 4) is 0 Å². The average molecular weight is 318 g/mol. The number of hydrogen-bond donors (Lipinski definition) is 1. The Bertz CT molecular complexity index is 686. The van der Waals surface area contributed by atoms with E-state index in [2.05, 4.69) is 11.1 Å². The molecule has 118 valence electrons. The number of Topliss-reactive ketones (excluding diaryl/α,β-unsaturated/α-hetero) is 2. The molecule has 5 heteroatoms. The first-order valence-electron chi connectivity index (χ1n) is 7.29. The maximum absolute atomic E-state index is 12.7. The minimum atomic E-state index is -0.251. The van der Waals surface area contributed by atoms with E-state index in [-0.39, 0.29) is 17.6 Å². The van der Waals surface area contributed by atoms with Crippen LogP contribution in [0.25, 0.3) is 0 Å². The quantitative estimate of drug-likeness (QED) is 0.828. The summed E-state index contributed by atoms with van der Waals surface area (Å²) in [5, 5.41) is 2.03. The summed E-state index contributed by atoms with van der Waals surface area (Å²) in [4.78, 5) is 30.8. The van der Waals surface area contributed by atoms with Crippen molar-refractivity contribution in [2.45, 2.75) is 40.3 Å². The number of rotatable bonds is 6. The van der Waals surface area contributed by atoms with Crippen LogP contribution in [0.3, 0.4) is 0 Å². The van der Waals surface area contributed by atoms with Crippen molar-refractivity contribution >= 4 is 22.9 Å². The summed E-state index contributed by atoms with van der Waals surface area (Å²) in [6, 6.07) is 3.83. The first kappa shape index (κ1) is 16.6. The van der Waals surface area contributed by atoms with Crippen molar-refractivity contribution in [2.75, 3.05) is 7.05 Å². The molecule has 2 rings (SSSR count). The number of aromatic nitrogens is 1. The molecule has 1 atom stereocenters. The molecule has 0 aromatic carbocycles. The molecule has 0 unspecified atom stereocenters. The lowest BCUT2D eigenvalue weighted by Gasteiger charge is -2.22. The maximum atomic E-state index is 12.7. The Labute approximate surface area is 135 Å². The Morgan fingerprint density at radius 3 is 2.55 bits per heavy atom. The number of carbonyl (C=O) groups is 2. The Morgan fingerprint density at radius 2 is 2.05 bits per heavy atom. The SMILES string of the molecule is CC(=O)c1c(C)[nH]c(C(=O)[C@H](C)N(C)Cc2cccs2)c1C. The number of likely N-dealkylation sites (N-methyl/N-ethyl adjacent to an activating group) is 1. The number of carbonyl (C=O) groups excluding carboxylic acids is 2. The minimum absolute atomic E-state index is 0.00936. The predicted molar refractivity (Wildman–Crippen MR) is 89.8 cm³/mol. The predicted octanol–water partition coefficient (Wildman–Crippen LogP) is 3.60. The number of H-pyrrole nitrogens is 1. The molecule has 0 saturated carbocycles. The summed E-state index contributed by atoms with van der Waals surface area (Å²) in [6.07, 6.45) is 0. The van der Waals surface area contributed by atoms with Gasteiger partial charge in [0.05, 0.1) is 11.7 Å². The van der Waals surface area contributed by atoms with Gasteiger partial charge in [0, 0.05) is 22.7 Å². The Kier molecular flexibility index (Phi) is 4.98. The monoisotopic (exact) mass is 318 g/mol. The molecule has 0 amide bonds. The molecular weight excluding hydrogens is 296 g/mol. The number of aryl methyl sites for hydroxylation is 1. The zero-order chi connectivity index (χ0) is 16.4. The fourth-order valence-electron chi connectivity index (χ4n) is 2.72. The molecule has 2 aromatic heterocycles. The Morgan fingerprint density at radius 1 is 1.36 bits per heavy atom. The maximum Gasteiger partial charge on any atom is 0.196 e. The highest BCUT2D eigenvalue weighted by Gasteiger charge is 2.25. The third-order valence-electron chi connectivity index (χ3n) is 4.06. The van der Waals surface area contributed by atoms with Gasteiger partial charge in [0.1, 0.15) is 0 Å².